The summed E-state index contributed by atoms with van der Waals surface area (Å²) in [5, 5.41) is 10.8. The molecule has 2 aromatic rings. The van der Waals surface area contributed by atoms with E-state index in [1.807, 2.05) is 0 Å². The average molecular weight is 300 g/mol. The Morgan fingerprint density at radius 2 is 2.15 bits per heavy atom. The fourth-order valence-corrected chi connectivity index (χ4v) is 1.61. The van der Waals surface area contributed by atoms with Crippen LogP contribution in [0.2, 0.25) is 5.15 Å². The summed E-state index contributed by atoms with van der Waals surface area (Å²) in [6.45, 7) is 0. The first-order valence-corrected chi connectivity index (χ1v) is 5.57. The van der Waals surface area contributed by atoms with Gasteiger partial charge in [0.1, 0.15) is 12.1 Å². The molecule has 0 spiro atoms. The molecule has 7 nitrogen and oxygen atoms in total. The van der Waals surface area contributed by atoms with Gasteiger partial charge in [0.15, 0.2) is 5.15 Å². The Morgan fingerprint density at radius 3 is 2.80 bits per heavy atom. The predicted molar refractivity (Wildman–Crippen MR) is 66.7 cm³/mol. The molecule has 0 amide bonds. The lowest BCUT2D eigenvalue weighted by atomic mass is 10.3. The van der Waals surface area contributed by atoms with Gasteiger partial charge in [-0.25, -0.2) is 9.37 Å². The average Bonchev–Trinajstić information content (AvgIpc) is 2.41. The third-order valence-corrected chi connectivity index (χ3v) is 2.53. The van der Waals surface area contributed by atoms with Crippen molar-refractivity contribution in [1.82, 2.24) is 9.97 Å². The van der Waals surface area contributed by atoms with E-state index >= 15 is 0 Å². The first kappa shape index (κ1) is 13.9. The Balaban J connectivity index is 2.45. The number of benzene rings is 1. The molecule has 1 aromatic heterocycles. The van der Waals surface area contributed by atoms with Crippen LogP contribution in [-0.4, -0.2) is 22.0 Å². The zero-order chi connectivity index (χ0) is 14.7. The summed E-state index contributed by atoms with van der Waals surface area (Å²) < 4.78 is 23.2. The van der Waals surface area contributed by atoms with Gasteiger partial charge in [-0.3, -0.25) is 10.1 Å². The summed E-state index contributed by atoms with van der Waals surface area (Å²) in [6, 6.07) is 2.88. The molecule has 0 unspecified atom stereocenters. The fourth-order valence-electron chi connectivity index (χ4n) is 1.41. The summed E-state index contributed by atoms with van der Waals surface area (Å²) in [6.07, 6.45) is 1.11. The monoisotopic (exact) mass is 299 g/mol. The van der Waals surface area contributed by atoms with Crippen molar-refractivity contribution in [2.45, 2.75) is 0 Å². The molecule has 104 valence electrons. The molecule has 20 heavy (non-hydrogen) atoms. The molecule has 0 fully saturated rings. The zero-order valence-corrected chi connectivity index (χ0v) is 10.8. The highest BCUT2D eigenvalue weighted by Crippen LogP contribution is 2.37. The predicted octanol–water partition coefficient (Wildman–Crippen LogP) is 2.98. The molecule has 0 N–H and O–H groups in total. The minimum Gasteiger partial charge on any atom is -0.489 e. The summed E-state index contributed by atoms with van der Waals surface area (Å²) >= 11 is 5.77. The van der Waals surface area contributed by atoms with E-state index in [1.54, 1.807) is 0 Å². The standard InChI is InChI=1S/C11H7ClFN3O4/c1-19-9-10(12)14-5-15-11(9)20-8-3-2-6(13)4-7(8)16(17)18/h2-5H,1H3. The van der Waals surface area contributed by atoms with Crippen molar-refractivity contribution in [1.29, 1.82) is 0 Å². The van der Waals surface area contributed by atoms with E-state index in [0.717, 1.165) is 24.5 Å². The van der Waals surface area contributed by atoms with Gasteiger partial charge in [0.2, 0.25) is 11.5 Å². The molecular formula is C11H7ClFN3O4. The van der Waals surface area contributed by atoms with Crippen LogP contribution in [0.15, 0.2) is 24.5 Å². The molecule has 1 heterocycles. The number of nitro groups is 1. The molecule has 0 saturated heterocycles. The highest BCUT2D eigenvalue weighted by Gasteiger charge is 2.20. The summed E-state index contributed by atoms with van der Waals surface area (Å²) in [7, 11) is 1.32. The SMILES string of the molecule is COc1c(Cl)ncnc1Oc1ccc(F)cc1[N+](=O)[O-]. The normalized spacial score (nSPS) is 10.2. The Kier molecular flexibility index (Phi) is 3.94. The van der Waals surface area contributed by atoms with Crippen molar-refractivity contribution in [3.63, 3.8) is 0 Å². The summed E-state index contributed by atoms with van der Waals surface area (Å²) in [5.74, 6) is -1.03. The number of hydrogen-bond acceptors (Lipinski definition) is 6. The molecule has 0 radical (unpaired) electrons. The fraction of sp³-hybridized carbons (Fsp3) is 0.0909. The van der Waals surface area contributed by atoms with Gasteiger partial charge in [-0.2, -0.15) is 4.98 Å². The molecule has 1 aromatic carbocycles. The lowest BCUT2D eigenvalue weighted by Gasteiger charge is -2.09. The second-order valence-electron chi connectivity index (χ2n) is 3.47. The topological polar surface area (TPSA) is 87.4 Å². The summed E-state index contributed by atoms with van der Waals surface area (Å²) in [4.78, 5) is 17.5. The van der Waals surface area contributed by atoms with Gasteiger partial charge in [-0.1, -0.05) is 11.6 Å². The van der Waals surface area contributed by atoms with Crippen LogP contribution >= 0.6 is 11.6 Å². The van der Waals surface area contributed by atoms with Crippen LogP contribution < -0.4 is 9.47 Å². The Hall–Kier alpha value is -2.48. The van der Waals surface area contributed by atoms with Gasteiger partial charge in [-0.05, 0) is 12.1 Å². The number of halogens is 2. The number of nitrogens with zero attached hydrogens (tertiary/aromatic N) is 3. The van der Waals surface area contributed by atoms with Crippen molar-refractivity contribution in [3.8, 4) is 17.4 Å². The lowest BCUT2D eigenvalue weighted by Crippen LogP contribution is -1.98. The largest absolute Gasteiger partial charge is 0.489 e. The van der Waals surface area contributed by atoms with Gasteiger partial charge >= 0.3 is 5.69 Å². The first-order chi connectivity index (χ1) is 9.52. The van der Waals surface area contributed by atoms with Crippen LogP contribution in [-0.2, 0) is 0 Å². The van der Waals surface area contributed by atoms with Crippen LogP contribution in [0.4, 0.5) is 10.1 Å². The first-order valence-electron chi connectivity index (χ1n) is 5.19. The van der Waals surface area contributed by atoms with Crippen LogP contribution in [0.25, 0.3) is 0 Å². The van der Waals surface area contributed by atoms with E-state index in [2.05, 4.69) is 9.97 Å². The minimum atomic E-state index is -0.770. The van der Waals surface area contributed by atoms with Crippen molar-refractivity contribution < 1.29 is 18.8 Å². The van der Waals surface area contributed by atoms with Gasteiger partial charge < -0.3 is 9.47 Å². The summed E-state index contributed by atoms with van der Waals surface area (Å²) in [5.41, 5.74) is -0.540. The Bertz CT molecular complexity index is 668. The van der Waals surface area contributed by atoms with Gasteiger partial charge in [0.25, 0.3) is 5.88 Å². The van der Waals surface area contributed by atoms with E-state index in [9.17, 15) is 14.5 Å². The Labute approximate surface area is 117 Å². The Morgan fingerprint density at radius 1 is 1.40 bits per heavy atom. The van der Waals surface area contributed by atoms with Crippen molar-refractivity contribution in [2.75, 3.05) is 7.11 Å². The van der Waals surface area contributed by atoms with E-state index in [1.165, 1.54) is 7.11 Å². The second kappa shape index (κ2) is 5.66. The maximum atomic E-state index is 13.0. The van der Waals surface area contributed by atoms with Gasteiger partial charge in [-0.15, -0.1) is 0 Å². The van der Waals surface area contributed by atoms with E-state index < -0.39 is 16.4 Å². The minimum absolute atomic E-state index is 0.0118. The number of nitro benzene ring substituents is 1. The molecule has 0 aliphatic heterocycles. The number of hydrogen-bond donors (Lipinski definition) is 0. The third kappa shape index (κ3) is 2.75. The van der Waals surface area contributed by atoms with Crippen LogP contribution in [0.3, 0.4) is 0 Å². The number of ether oxygens (including phenoxy) is 2. The molecule has 0 bridgehead atoms. The van der Waals surface area contributed by atoms with Gasteiger partial charge in [0, 0.05) is 0 Å². The quantitative estimate of drug-likeness (QED) is 0.490. The maximum absolute atomic E-state index is 13.0. The molecule has 0 atom stereocenters. The number of aromatic nitrogens is 2. The molecule has 2 rings (SSSR count). The number of rotatable bonds is 4. The van der Waals surface area contributed by atoms with Crippen LogP contribution in [0.1, 0.15) is 0 Å². The smallest absolute Gasteiger partial charge is 0.314 e. The molecule has 0 saturated carbocycles. The lowest BCUT2D eigenvalue weighted by molar-refractivity contribution is -0.385. The second-order valence-corrected chi connectivity index (χ2v) is 3.83. The van der Waals surface area contributed by atoms with Crippen LogP contribution in [0.5, 0.6) is 17.4 Å². The van der Waals surface area contributed by atoms with Crippen molar-refractivity contribution in [2.24, 2.45) is 0 Å². The highest BCUT2D eigenvalue weighted by molar-refractivity contribution is 6.31. The van der Waals surface area contributed by atoms with E-state index in [4.69, 9.17) is 21.1 Å². The molecule has 0 aliphatic carbocycles. The van der Waals surface area contributed by atoms with E-state index in [-0.39, 0.29) is 22.5 Å². The number of methoxy groups -OCH3 is 1. The molecule has 0 aliphatic rings. The van der Waals surface area contributed by atoms with Crippen LogP contribution in [0, 0.1) is 15.9 Å². The van der Waals surface area contributed by atoms with E-state index in [0.29, 0.717) is 0 Å². The van der Waals surface area contributed by atoms with Gasteiger partial charge in [0.05, 0.1) is 18.1 Å². The zero-order valence-electron chi connectivity index (χ0n) is 10.0. The van der Waals surface area contributed by atoms with Crippen molar-refractivity contribution in [3.05, 3.63) is 45.6 Å². The third-order valence-electron chi connectivity index (χ3n) is 2.26. The molecular weight excluding hydrogens is 293 g/mol. The maximum Gasteiger partial charge on any atom is 0.314 e. The molecule has 9 heteroatoms. The van der Waals surface area contributed by atoms with Crippen molar-refractivity contribution >= 4 is 17.3 Å². The highest BCUT2D eigenvalue weighted by atomic mass is 35.5.